The second-order valence-electron chi connectivity index (χ2n) is 5.82. The second kappa shape index (κ2) is 11.3. The number of nitrogens with zero attached hydrogens (tertiary/aromatic N) is 1. The number of hydrogen-bond donors (Lipinski definition) is 1. The van der Waals surface area contributed by atoms with Crippen LogP contribution in [0.3, 0.4) is 0 Å². The van der Waals surface area contributed by atoms with Gasteiger partial charge in [-0.15, -0.1) is 0 Å². The van der Waals surface area contributed by atoms with Crippen LogP contribution < -0.4 is 22.5 Å². The third kappa shape index (κ3) is 7.54. The van der Waals surface area contributed by atoms with E-state index in [0.29, 0.717) is 6.61 Å². The van der Waals surface area contributed by atoms with Crippen molar-refractivity contribution in [2.75, 3.05) is 40.3 Å². The summed E-state index contributed by atoms with van der Waals surface area (Å²) in [4.78, 5) is 2.16. The molecule has 0 saturated heterocycles. The summed E-state index contributed by atoms with van der Waals surface area (Å²) >= 11 is 6.14. The molecule has 3 nitrogen and oxygen atoms in total. The fourth-order valence-corrected chi connectivity index (χ4v) is 2.50. The number of likely N-dealkylation sites (N-methyl/N-ethyl adjacent to an activating group) is 1. The minimum absolute atomic E-state index is 0. The Morgan fingerprint density at radius 1 is 1.04 bits per heavy atom. The van der Waals surface area contributed by atoms with Gasteiger partial charge in [0.1, 0.15) is 12.4 Å². The van der Waals surface area contributed by atoms with Gasteiger partial charge in [-0.1, -0.05) is 41.9 Å². The number of halogens is 2. The molecular weight excluding hydrogens is 343 g/mol. The van der Waals surface area contributed by atoms with Crippen LogP contribution in [-0.4, -0.2) is 45.2 Å². The molecule has 0 amide bonds. The lowest BCUT2D eigenvalue weighted by Gasteiger charge is -2.14. The van der Waals surface area contributed by atoms with Gasteiger partial charge in [0, 0.05) is 31.1 Å². The number of rotatable bonds is 9. The highest BCUT2D eigenvalue weighted by Crippen LogP contribution is 2.25. The van der Waals surface area contributed by atoms with Crippen LogP contribution in [-0.2, 0) is 6.42 Å². The molecule has 0 radical (unpaired) electrons. The number of nitrogens with one attached hydrogen (secondary N) is 1. The van der Waals surface area contributed by atoms with Crippen LogP contribution in [0.4, 0.5) is 0 Å². The normalized spacial score (nSPS) is 10.5. The van der Waals surface area contributed by atoms with Gasteiger partial charge >= 0.3 is 0 Å². The molecule has 2 rings (SSSR count). The van der Waals surface area contributed by atoms with E-state index in [1.807, 2.05) is 24.3 Å². The topological polar surface area (TPSA) is 24.5 Å². The van der Waals surface area contributed by atoms with Crippen LogP contribution in [0.2, 0.25) is 5.02 Å². The fourth-order valence-electron chi connectivity index (χ4n) is 2.30. The molecule has 0 aliphatic heterocycles. The fraction of sp³-hybridized carbons (Fsp3) is 0.368. The first kappa shape index (κ1) is 20.8. The van der Waals surface area contributed by atoms with Crippen LogP contribution in [0.5, 0.6) is 5.75 Å². The van der Waals surface area contributed by atoms with Gasteiger partial charge < -0.3 is 27.4 Å². The average molecular weight is 368 g/mol. The van der Waals surface area contributed by atoms with Crippen molar-refractivity contribution in [3.05, 3.63) is 64.7 Å². The number of benzene rings is 2. The zero-order valence-corrected chi connectivity index (χ0v) is 15.8. The van der Waals surface area contributed by atoms with Crippen LogP contribution in [0.1, 0.15) is 11.1 Å². The molecule has 0 unspecified atom stereocenters. The monoisotopic (exact) mass is 367 g/mol. The highest BCUT2D eigenvalue weighted by Gasteiger charge is 2.06. The van der Waals surface area contributed by atoms with Gasteiger partial charge in [-0.05, 0) is 43.4 Å². The lowest BCUT2D eigenvalue weighted by molar-refractivity contribution is -0.00000514. The lowest BCUT2D eigenvalue weighted by Crippen LogP contribution is -3.00. The minimum Gasteiger partial charge on any atom is -1.00 e. The van der Waals surface area contributed by atoms with E-state index in [4.69, 9.17) is 16.3 Å². The molecule has 0 fully saturated rings. The summed E-state index contributed by atoms with van der Waals surface area (Å²) < 4.78 is 5.94. The predicted molar refractivity (Wildman–Crippen MR) is 97.6 cm³/mol. The molecule has 0 saturated carbocycles. The molecule has 0 atom stereocenters. The smallest absolute Gasteiger partial charge is 0.122 e. The number of ether oxygens (including phenoxy) is 1. The summed E-state index contributed by atoms with van der Waals surface area (Å²) in [7, 11) is 4.14. The van der Waals surface area contributed by atoms with Crippen molar-refractivity contribution in [2.24, 2.45) is 0 Å². The SMILES string of the molecule is CN(C)CCNCCOc1ccc(Cl)cc1Cc1ccccc1.[Cl-]. The first-order chi connectivity index (χ1) is 11.1. The predicted octanol–water partition coefficient (Wildman–Crippen LogP) is 0.465. The Morgan fingerprint density at radius 2 is 1.79 bits per heavy atom. The Morgan fingerprint density at radius 3 is 2.50 bits per heavy atom. The van der Waals surface area contributed by atoms with E-state index in [0.717, 1.165) is 42.4 Å². The van der Waals surface area contributed by atoms with Crippen molar-refractivity contribution in [3.8, 4) is 5.75 Å². The third-order valence-electron chi connectivity index (χ3n) is 3.53. The molecular formula is C19H25Cl2N2O-. The third-order valence-corrected chi connectivity index (χ3v) is 3.77. The van der Waals surface area contributed by atoms with Gasteiger partial charge in [0.15, 0.2) is 0 Å². The van der Waals surface area contributed by atoms with E-state index in [1.165, 1.54) is 5.56 Å². The lowest BCUT2D eigenvalue weighted by atomic mass is 10.0. The van der Waals surface area contributed by atoms with Crippen molar-refractivity contribution < 1.29 is 17.1 Å². The van der Waals surface area contributed by atoms with Gasteiger partial charge in [-0.3, -0.25) is 0 Å². The summed E-state index contributed by atoms with van der Waals surface area (Å²) in [6.45, 7) is 3.48. The van der Waals surface area contributed by atoms with E-state index in [1.54, 1.807) is 0 Å². The molecule has 0 heterocycles. The van der Waals surface area contributed by atoms with Gasteiger partial charge in [-0.25, -0.2) is 0 Å². The van der Waals surface area contributed by atoms with Gasteiger partial charge in [-0.2, -0.15) is 0 Å². The summed E-state index contributed by atoms with van der Waals surface area (Å²) in [5.74, 6) is 0.910. The Kier molecular flexibility index (Phi) is 9.80. The van der Waals surface area contributed by atoms with Gasteiger partial charge in [0.25, 0.3) is 0 Å². The standard InChI is InChI=1S/C19H25ClN2O.ClH/c1-22(2)12-10-21-11-13-23-19-9-8-18(20)15-17(19)14-16-6-4-3-5-7-16;/h3-9,15,21H,10-14H2,1-2H3;1H/p-1. The Labute approximate surface area is 156 Å². The maximum absolute atomic E-state index is 6.14. The first-order valence-electron chi connectivity index (χ1n) is 7.96. The highest BCUT2D eigenvalue weighted by molar-refractivity contribution is 6.30. The molecule has 24 heavy (non-hydrogen) atoms. The van der Waals surface area contributed by atoms with Crippen molar-refractivity contribution >= 4 is 11.6 Å². The minimum atomic E-state index is 0. The zero-order chi connectivity index (χ0) is 16.5. The van der Waals surface area contributed by atoms with E-state index >= 15 is 0 Å². The Bertz CT molecular complexity index is 591. The summed E-state index contributed by atoms with van der Waals surface area (Å²) in [5, 5.41) is 4.12. The molecule has 1 N–H and O–H groups in total. The maximum atomic E-state index is 6.14. The molecule has 0 aliphatic carbocycles. The Balaban J connectivity index is 0.00000288. The van der Waals surface area contributed by atoms with Gasteiger partial charge in [0.2, 0.25) is 0 Å². The van der Waals surface area contributed by atoms with Crippen molar-refractivity contribution in [2.45, 2.75) is 6.42 Å². The van der Waals surface area contributed by atoms with Crippen LogP contribution in [0.25, 0.3) is 0 Å². The average Bonchev–Trinajstić information content (AvgIpc) is 2.53. The molecule has 132 valence electrons. The summed E-state index contributed by atoms with van der Waals surface area (Å²) in [6.07, 6.45) is 0.824. The van der Waals surface area contributed by atoms with Crippen molar-refractivity contribution in [3.63, 3.8) is 0 Å². The Hall–Kier alpha value is -1.26. The molecule has 5 heteroatoms. The molecule has 0 aromatic heterocycles. The second-order valence-corrected chi connectivity index (χ2v) is 6.25. The summed E-state index contributed by atoms with van der Waals surface area (Å²) in [5.41, 5.74) is 2.38. The molecule has 2 aromatic carbocycles. The first-order valence-corrected chi connectivity index (χ1v) is 8.33. The summed E-state index contributed by atoms with van der Waals surface area (Å²) in [6, 6.07) is 16.2. The molecule has 0 aliphatic rings. The van der Waals surface area contributed by atoms with E-state index in [9.17, 15) is 0 Å². The highest BCUT2D eigenvalue weighted by atomic mass is 35.5. The van der Waals surface area contributed by atoms with Gasteiger partial charge in [0.05, 0.1) is 0 Å². The largest absolute Gasteiger partial charge is 1.00 e. The maximum Gasteiger partial charge on any atom is 0.122 e. The van der Waals surface area contributed by atoms with E-state index < -0.39 is 0 Å². The molecule has 2 aromatic rings. The van der Waals surface area contributed by atoms with Crippen molar-refractivity contribution in [1.29, 1.82) is 0 Å². The van der Waals surface area contributed by atoms with Crippen molar-refractivity contribution in [1.82, 2.24) is 10.2 Å². The quantitative estimate of drug-likeness (QED) is 0.652. The van der Waals surface area contributed by atoms with Crippen LogP contribution in [0, 0.1) is 0 Å². The van der Waals surface area contributed by atoms with E-state index in [-0.39, 0.29) is 12.4 Å². The number of hydrogen-bond acceptors (Lipinski definition) is 3. The molecule has 0 spiro atoms. The van der Waals surface area contributed by atoms with Crippen LogP contribution >= 0.6 is 11.6 Å². The van der Waals surface area contributed by atoms with Crippen LogP contribution in [0.15, 0.2) is 48.5 Å². The van der Waals surface area contributed by atoms with E-state index in [2.05, 4.69) is 48.6 Å². The molecule has 0 bridgehead atoms. The zero-order valence-electron chi connectivity index (χ0n) is 14.3.